The molecule has 0 spiro atoms. The molecule has 0 N–H and O–H groups in total. The van der Waals surface area contributed by atoms with Gasteiger partial charge in [-0.1, -0.05) is 232 Å². The summed E-state index contributed by atoms with van der Waals surface area (Å²) in [4.78, 5) is 37.4. The van der Waals surface area contributed by atoms with Crippen molar-refractivity contribution in [1.29, 1.82) is 0 Å². The highest BCUT2D eigenvalue weighted by Crippen LogP contribution is 2.20. The lowest BCUT2D eigenvalue weighted by atomic mass is 9.93. The van der Waals surface area contributed by atoms with Crippen LogP contribution in [0, 0.1) is 5.92 Å². The van der Waals surface area contributed by atoms with Crippen LogP contribution in [0.3, 0.4) is 0 Å². The van der Waals surface area contributed by atoms with Gasteiger partial charge in [-0.3, -0.25) is 14.4 Å². The number of methoxy groups -OCH3 is 1. The normalized spacial score (nSPS) is 12.0. The van der Waals surface area contributed by atoms with E-state index in [1.54, 1.807) is 0 Å². The quantitative estimate of drug-likeness (QED) is 0.0460. The molecule has 0 bridgehead atoms. The first kappa shape index (κ1) is 51.8. The topological polar surface area (TPSA) is 60.4 Å². The number of hydrogen-bond acceptors (Lipinski definition) is 4. The van der Waals surface area contributed by atoms with Crippen molar-refractivity contribution in [2.75, 3.05) is 7.11 Å². The number of rotatable bonds is 45. The van der Waals surface area contributed by atoms with E-state index in [1.165, 1.54) is 206 Å². The van der Waals surface area contributed by atoms with Gasteiger partial charge in [-0.15, -0.1) is 0 Å². The Balaban J connectivity index is 3.63. The summed E-state index contributed by atoms with van der Waals surface area (Å²) >= 11 is 0. The Hall–Kier alpha value is -1.19. The van der Waals surface area contributed by atoms with Crippen LogP contribution in [0.4, 0.5) is 0 Å². The van der Waals surface area contributed by atoms with Crippen molar-refractivity contribution in [1.82, 2.24) is 0 Å². The van der Waals surface area contributed by atoms with Gasteiger partial charge in [-0.25, -0.2) is 0 Å². The van der Waals surface area contributed by atoms with Crippen molar-refractivity contribution >= 4 is 17.5 Å². The zero-order valence-electron chi connectivity index (χ0n) is 36.4. The van der Waals surface area contributed by atoms with E-state index in [-0.39, 0.29) is 17.7 Å². The van der Waals surface area contributed by atoms with Crippen molar-refractivity contribution in [3.8, 4) is 0 Å². The molecule has 0 rings (SSSR count). The van der Waals surface area contributed by atoms with E-state index in [4.69, 9.17) is 4.74 Å². The second-order valence-electron chi connectivity index (χ2n) is 16.9. The van der Waals surface area contributed by atoms with Gasteiger partial charge >= 0.3 is 5.97 Å². The second-order valence-corrected chi connectivity index (χ2v) is 16.9. The number of unbranched alkanes of at least 4 members (excludes halogenated alkanes) is 34. The minimum absolute atomic E-state index is 0.200. The first-order chi connectivity index (χ1) is 26.0. The van der Waals surface area contributed by atoms with Gasteiger partial charge in [-0.05, 0) is 25.7 Å². The first-order valence-electron chi connectivity index (χ1n) is 24.2. The predicted molar refractivity (Wildman–Crippen MR) is 231 cm³/mol. The van der Waals surface area contributed by atoms with Gasteiger partial charge < -0.3 is 4.74 Å². The van der Waals surface area contributed by atoms with Gasteiger partial charge in [0.25, 0.3) is 0 Å². The monoisotopic (exact) mass is 747 g/mol. The smallest absolute Gasteiger partial charge is 0.309 e. The molecule has 0 aliphatic carbocycles. The van der Waals surface area contributed by atoms with Gasteiger partial charge in [0.2, 0.25) is 0 Å². The Kier molecular flexibility index (Phi) is 42.6. The van der Waals surface area contributed by atoms with E-state index in [1.807, 2.05) is 0 Å². The minimum atomic E-state index is -0.330. The largest absolute Gasteiger partial charge is 0.469 e. The van der Waals surface area contributed by atoms with Gasteiger partial charge in [0.1, 0.15) is 11.6 Å². The lowest BCUT2D eigenvalue weighted by Crippen LogP contribution is -2.20. The SMILES string of the molecule is CCCCCCCCCCCCCCCCCCCC(=O)CCCCC[C@H](CC(=O)CCCCCCCCCCCCCCCCCCC)C(=O)OC. The lowest BCUT2D eigenvalue weighted by molar-refractivity contribution is -0.147. The molecule has 4 nitrogen and oxygen atoms in total. The molecule has 1 atom stereocenters. The molecule has 0 saturated heterocycles. The van der Waals surface area contributed by atoms with Crippen molar-refractivity contribution in [3.05, 3.63) is 0 Å². The fraction of sp³-hybridized carbons (Fsp3) is 0.939. The molecule has 0 heterocycles. The summed E-state index contributed by atoms with van der Waals surface area (Å²) in [6.45, 7) is 4.57. The Morgan fingerprint density at radius 1 is 0.340 bits per heavy atom. The van der Waals surface area contributed by atoms with E-state index in [2.05, 4.69) is 13.8 Å². The summed E-state index contributed by atoms with van der Waals surface area (Å²) in [5, 5.41) is 0. The van der Waals surface area contributed by atoms with Crippen LogP contribution in [-0.2, 0) is 19.1 Å². The zero-order chi connectivity index (χ0) is 38.7. The number of ether oxygens (including phenoxy) is 1. The standard InChI is InChI=1S/C49H94O4/c1-4-6-8-10-12-14-16-18-20-22-24-26-28-30-32-34-38-42-47(50)43-40-36-37-41-46(49(52)53-3)45-48(51)44-39-35-33-31-29-27-25-23-21-19-17-15-13-11-9-7-5-2/h46H,4-45H2,1-3H3/t46-/m1/s1. The number of ketones is 2. The molecular formula is C49H94O4. The van der Waals surface area contributed by atoms with Crippen LogP contribution in [0.25, 0.3) is 0 Å². The average molecular weight is 747 g/mol. The molecule has 0 saturated carbocycles. The molecule has 0 unspecified atom stereocenters. The highest BCUT2D eigenvalue weighted by atomic mass is 16.5. The molecule has 0 radical (unpaired) electrons. The molecule has 0 aromatic carbocycles. The summed E-state index contributed by atoms with van der Waals surface area (Å²) in [6.07, 6.45) is 51.4. The molecule has 4 heteroatoms. The maximum Gasteiger partial charge on any atom is 0.309 e. The van der Waals surface area contributed by atoms with E-state index < -0.39 is 0 Å². The highest BCUT2D eigenvalue weighted by Gasteiger charge is 2.22. The molecule has 314 valence electrons. The highest BCUT2D eigenvalue weighted by molar-refractivity contribution is 5.84. The zero-order valence-corrected chi connectivity index (χ0v) is 36.4. The Morgan fingerprint density at radius 3 is 0.868 bits per heavy atom. The number of esters is 1. The van der Waals surface area contributed by atoms with Crippen molar-refractivity contribution in [2.24, 2.45) is 5.92 Å². The molecule has 0 aliphatic rings. The first-order valence-corrected chi connectivity index (χ1v) is 24.2. The van der Waals surface area contributed by atoms with Crippen molar-refractivity contribution in [3.63, 3.8) is 0 Å². The number of Topliss-reactive ketones (excluding diaryl/α,β-unsaturated/α-hetero) is 2. The average Bonchev–Trinajstić information content (AvgIpc) is 3.16. The predicted octanol–water partition coefficient (Wildman–Crippen LogP) is 16.3. The third-order valence-corrected chi connectivity index (χ3v) is 11.6. The van der Waals surface area contributed by atoms with Crippen LogP contribution in [0.15, 0.2) is 0 Å². The van der Waals surface area contributed by atoms with E-state index in [0.29, 0.717) is 31.5 Å². The van der Waals surface area contributed by atoms with Crippen LogP contribution in [0.1, 0.15) is 284 Å². The molecule has 0 aliphatic heterocycles. The third-order valence-electron chi connectivity index (χ3n) is 11.6. The summed E-state index contributed by atoms with van der Waals surface area (Å²) in [5.74, 6) is 0.00454. The van der Waals surface area contributed by atoms with E-state index >= 15 is 0 Å². The molecule has 0 aromatic heterocycles. The number of carbonyl (C=O) groups is 3. The van der Waals surface area contributed by atoms with E-state index in [9.17, 15) is 14.4 Å². The molecule has 0 amide bonds. The molecule has 53 heavy (non-hydrogen) atoms. The fourth-order valence-corrected chi connectivity index (χ4v) is 7.96. The third kappa shape index (κ3) is 40.3. The molecule has 0 aromatic rings. The van der Waals surface area contributed by atoms with Gasteiger partial charge in [-0.2, -0.15) is 0 Å². The van der Waals surface area contributed by atoms with Crippen LogP contribution < -0.4 is 0 Å². The van der Waals surface area contributed by atoms with Crippen LogP contribution in [0.5, 0.6) is 0 Å². The van der Waals surface area contributed by atoms with Crippen LogP contribution in [-0.4, -0.2) is 24.6 Å². The van der Waals surface area contributed by atoms with Crippen molar-refractivity contribution in [2.45, 2.75) is 284 Å². The number of carbonyl (C=O) groups excluding carboxylic acids is 3. The summed E-state index contributed by atoms with van der Waals surface area (Å²) in [6, 6.07) is 0. The van der Waals surface area contributed by atoms with Crippen LogP contribution in [0.2, 0.25) is 0 Å². The van der Waals surface area contributed by atoms with Crippen LogP contribution >= 0.6 is 0 Å². The molecular weight excluding hydrogens is 653 g/mol. The van der Waals surface area contributed by atoms with Gasteiger partial charge in [0, 0.05) is 25.7 Å². The second kappa shape index (κ2) is 43.5. The van der Waals surface area contributed by atoms with Gasteiger partial charge in [0.15, 0.2) is 0 Å². The van der Waals surface area contributed by atoms with Crippen molar-refractivity contribution < 1.29 is 19.1 Å². The Labute approximate surface area is 332 Å². The summed E-state index contributed by atoms with van der Waals surface area (Å²) in [7, 11) is 1.42. The lowest BCUT2D eigenvalue weighted by Gasteiger charge is -2.14. The molecule has 0 fully saturated rings. The Morgan fingerprint density at radius 2 is 0.585 bits per heavy atom. The minimum Gasteiger partial charge on any atom is -0.469 e. The summed E-state index contributed by atoms with van der Waals surface area (Å²) in [5.41, 5.74) is 0. The maximum absolute atomic E-state index is 12.7. The summed E-state index contributed by atoms with van der Waals surface area (Å²) < 4.78 is 5.03. The fourth-order valence-electron chi connectivity index (χ4n) is 7.96. The maximum atomic E-state index is 12.7. The number of hydrogen-bond donors (Lipinski definition) is 0. The Bertz CT molecular complexity index is 776. The van der Waals surface area contributed by atoms with Gasteiger partial charge in [0.05, 0.1) is 13.0 Å². The van der Waals surface area contributed by atoms with E-state index in [0.717, 1.165) is 44.9 Å².